The number of hydrogen-bond acceptors (Lipinski definition) is 6. The Morgan fingerprint density at radius 2 is 1.79 bits per heavy atom. The molecular formula is C31H29ClF2N8. The van der Waals surface area contributed by atoms with E-state index in [-0.39, 0.29) is 5.56 Å². The van der Waals surface area contributed by atoms with Crippen LogP contribution < -0.4 is 32.1 Å². The molecule has 0 aliphatic carbocycles. The monoisotopic (exact) mass is 586 g/mol. The lowest BCUT2D eigenvalue weighted by atomic mass is 10.0. The van der Waals surface area contributed by atoms with Crippen molar-refractivity contribution in [3.63, 3.8) is 0 Å². The van der Waals surface area contributed by atoms with Gasteiger partial charge in [-0.3, -0.25) is 0 Å². The molecule has 2 unspecified atom stereocenters. The van der Waals surface area contributed by atoms with Gasteiger partial charge < -0.3 is 26.6 Å². The van der Waals surface area contributed by atoms with E-state index < -0.39 is 11.6 Å². The molecule has 1 fully saturated rings. The van der Waals surface area contributed by atoms with Crippen LogP contribution in [0.2, 0.25) is 5.02 Å². The smallest absolute Gasteiger partial charge is 0.227 e. The van der Waals surface area contributed by atoms with Crippen LogP contribution in [0.3, 0.4) is 0 Å². The number of anilines is 3. The van der Waals surface area contributed by atoms with E-state index in [0.29, 0.717) is 56.4 Å². The SMILES string of the molecule is CC1CN(C(N)=Nc2ccc(Nc3ncc4c(n3)C=c3cc(Cl)cc(-c5c(F)cccc5F)c3=CN4)cc2)CC(C)N1. The molecule has 4 aromatic rings. The Morgan fingerprint density at radius 1 is 1.07 bits per heavy atom. The highest BCUT2D eigenvalue weighted by Gasteiger charge is 2.22. The zero-order chi connectivity index (χ0) is 29.4. The standard InChI is InChI=1S/C31H29ClF2N8/c1-17-15-42(16-18(2)38-17)30(35)39-21-6-8-22(9-7-21)40-31-37-14-28-27(41-31)11-19-10-20(32)12-23(24(19)13-36-28)29-25(33)4-3-5-26(29)34/h3-14,17-18,36,38H,15-16H2,1-2H3,(H2,35,39)(H,37,40,41). The minimum atomic E-state index is -0.673. The van der Waals surface area contributed by atoms with Gasteiger partial charge in [0.15, 0.2) is 5.96 Å². The Hall–Kier alpha value is -4.54. The lowest BCUT2D eigenvalue weighted by Gasteiger charge is -2.36. The maximum atomic E-state index is 14.7. The molecule has 5 N–H and O–H groups in total. The first-order valence-corrected chi connectivity index (χ1v) is 13.9. The number of halogens is 3. The van der Waals surface area contributed by atoms with E-state index in [1.165, 1.54) is 18.2 Å². The molecule has 2 aliphatic rings. The minimum absolute atomic E-state index is 0.145. The van der Waals surface area contributed by atoms with Gasteiger partial charge >= 0.3 is 0 Å². The predicted molar refractivity (Wildman–Crippen MR) is 164 cm³/mol. The van der Waals surface area contributed by atoms with Gasteiger partial charge in [0.05, 0.1) is 28.8 Å². The summed E-state index contributed by atoms with van der Waals surface area (Å²) >= 11 is 6.39. The highest BCUT2D eigenvalue weighted by atomic mass is 35.5. The van der Waals surface area contributed by atoms with Gasteiger partial charge in [0.2, 0.25) is 5.95 Å². The number of nitrogens with one attached hydrogen (secondary N) is 3. The number of piperazine rings is 1. The number of aliphatic imine (C=N–C) groups is 1. The fourth-order valence-corrected chi connectivity index (χ4v) is 5.55. The van der Waals surface area contributed by atoms with Crippen molar-refractivity contribution in [1.29, 1.82) is 0 Å². The number of nitrogens with two attached hydrogens (primary N) is 1. The fraction of sp³-hybridized carbons (Fsp3) is 0.194. The van der Waals surface area contributed by atoms with E-state index in [0.717, 1.165) is 24.5 Å². The van der Waals surface area contributed by atoms with Crippen LogP contribution in [0.5, 0.6) is 0 Å². The minimum Gasteiger partial charge on any atom is -0.369 e. The lowest BCUT2D eigenvalue weighted by Crippen LogP contribution is -2.57. The van der Waals surface area contributed by atoms with Crippen molar-refractivity contribution in [3.05, 3.63) is 93.6 Å². The highest BCUT2D eigenvalue weighted by molar-refractivity contribution is 6.30. The molecule has 0 radical (unpaired) electrons. The van der Waals surface area contributed by atoms with Gasteiger partial charge in [-0.25, -0.2) is 23.7 Å². The van der Waals surface area contributed by atoms with Crippen molar-refractivity contribution in [3.8, 4) is 11.1 Å². The third kappa shape index (κ3) is 5.77. The molecule has 3 aromatic carbocycles. The van der Waals surface area contributed by atoms with Crippen molar-refractivity contribution in [2.24, 2.45) is 10.7 Å². The van der Waals surface area contributed by atoms with E-state index in [9.17, 15) is 8.78 Å². The molecule has 3 heterocycles. The van der Waals surface area contributed by atoms with Crippen LogP contribution in [0.4, 0.5) is 31.8 Å². The number of hydrogen-bond donors (Lipinski definition) is 4. The van der Waals surface area contributed by atoms with Gasteiger partial charge in [-0.15, -0.1) is 0 Å². The van der Waals surface area contributed by atoms with E-state index in [1.807, 2.05) is 24.3 Å². The molecular weight excluding hydrogens is 558 g/mol. The summed E-state index contributed by atoms with van der Waals surface area (Å²) in [5, 5.41) is 11.4. The molecule has 1 aromatic heterocycles. The fourth-order valence-electron chi connectivity index (χ4n) is 5.32. The normalized spacial score (nSPS) is 18.1. The molecule has 2 aliphatic heterocycles. The van der Waals surface area contributed by atoms with Crippen molar-refractivity contribution < 1.29 is 8.78 Å². The number of rotatable bonds is 4. The summed E-state index contributed by atoms with van der Waals surface area (Å²) in [6, 6.07) is 15.2. The average molecular weight is 587 g/mol. The summed E-state index contributed by atoms with van der Waals surface area (Å²) < 4.78 is 29.4. The summed E-state index contributed by atoms with van der Waals surface area (Å²) in [6.45, 7) is 5.86. The number of aromatic nitrogens is 2. The van der Waals surface area contributed by atoms with E-state index in [2.05, 4.69) is 49.7 Å². The Balaban J connectivity index is 1.26. The van der Waals surface area contributed by atoms with Crippen LogP contribution in [0.1, 0.15) is 19.5 Å². The average Bonchev–Trinajstić information content (AvgIpc) is 3.12. The first-order valence-electron chi connectivity index (χ1n) is 13.5. The molecule has 42 heavy (non-hydrogen) atoms. The van der Waals surface area contributed by atoms with E-state index >= 15 is 0 Å². The topological polar surface area (TPSA) is 103 Å². The van der Waals surface area contributed by atoms with Crippen LogP contribution in [0.25, 0.3) is 23.4 Å². The van der Waals surface area contributed by atoms with Crippen molar-refractivity contribution >= 4 is 52.8 Å². The third-order valence-corrected chi connectivity index (χ3v) is 7.36. The lowest BCUT2D eigenvalue weighted by molar-refractivity contribution is 0.253. The number of benzene rings is 3. The van der Waals surface area contributed by atoms with E-state index in [1.54, 1.807) is 30.6 Å². The van der Waals surface area contributed by atoms with Gasteiger partial charge in [0.25, 0.3) is 0 Å². The predicted octanol–water partition coefficient (Wildman–Crippen LogP) is 4.44. The second kappa shape index (κ2) is 11.4. The molecule has 0 saturated carbocycles. The number of guanidine groups is 1. The Bertz CT molecular complexity index is 1780. The summed E-state index contributed by atoms with van der Waals surface area (Å²) in [5.74, 6) is -0.482. The van der Waals surface area contributed by atoms with Crippen LogP contribution in [-0.2, 0) is 0 Å². The van der Waals surface area contributed by atoms with Gasteiger partial charge in [-0.1, -0.05) is 17.7 Å². The van der Waals surface area contributed by atoms with Crippen LogP contribution in [-0.4, -0.2) is 46.0 Å². The van der Waals surface area contributed by atoms with Crippen LogP contribution in [0, 0.1) is 11.6 Å². The molecule has 1 saturated heterocycles. The second-order valence-corrected chi connectivity index (χ2v) is 10.9. The van der Waals surface area contributed by atoms with Crippen LogP contribution in [0.15, 0.2) is 65.8 Å². The van der Waals surface area contributed by atoms with Crippen molar-refractivity contribution in [2.75, 3.05) is 23.7 Å². The molecule has 0 spiro atoms. The zero-order valence-corrected chi connectivity index (χ0v) is 23.8. The quantitative estimate of drug-likeness (QED) is 0.207. The number of nitrogens with zero attached hydrogens (tertiary/aromatic N) is 4. The maximum absolute atomic E-state index is 14.7. The molecule has 2 atom stereocenters. The van der Waals surface area contributed by atoms with Crippen LogP contribution >= 0.6 is 11.6 Å². The Morgan fingerprint density at radius 3 is 2.50 bits per heavy atom. The maximum Gasteiger partial charge on any atom is 0.227 e. The molecule has 11 heteroatoms. The van der Waals surface area contributed by atoms with Gasteiger partial charge in [-0.2, -0.15) is 0 Å². The highest BCUT2D eigenvalue weighted by Crippen LogP contribution is 2.26. The van der Waals surface area contributed by atoms with Gasteiger partial charge in [0.1, 0.15) is 11.6 Å². The first-order chi connectivity index (χ1) is 20.2. The zero-order valence-electron chi connectivity index (χ0n) is 23.0. The first kappa shape index (κ1) is 27.6. The molecule has 214 valence electrons. The number of fused-ring (bicyclic) bond motifs is 2. The molecule has 6 rings (SSSR count). The Labute approximate surface area is 246 Å². The molecule has 0 amide bonds. The molecule has 0 bridgehead atoms. The Kier molecular flexibility index (Phi) is 7.49. The summed E-state index contributed by atoms with van der Waals surface area (Å²) in [5.41, 5.74) is 9.21. The van der Waals surface area contributed by atoms with Gasteiger partial charge in [0, 0.05) is 47.3 Å². The summed E-state index contributed by atoms with van der Waals surface area (Å²) in [7, 11) is 0. The summed E-state index contributed by atoms with van der Waals surface area (Å²) in [4.78, 5) is 15.8. The van der Waals surface area contributed by atoms with Crippen molar-refractivity contribution in [2.45, 2.75) is 25.9 Å². The second-order valence-electron chi connectivity index (χ2n) is 10.5. The van der Waals surface area contributed by atoms with E-state index in [4.69, 9.17) is 17.3 Å². The third-order valence-electron chi connectivity index (χ3n) is 7.14. The van der Waals surface area contributed by atoms with Crippen molar-refractivity contribution in [1.82, 2.24) is 20.2 Å². The molecule has 8 nitrogen and oxygen atoms in total. The summed E-state index contributed by atoms with van der Waals surface area (Å²) in [6.07, 6.45) is 5.13. The van der Waals surface area contributed by atoms with Gasteiger partial charge in [-0.05, 0) is 79.2 Å². The largest absolute Gasteiger partial charge is 0.369 e.